The van der Waals surface area contributed by atoms with Crippen LogP contribution in [-0.2, 0) is 5.41 Å². The van der Waals surface area contributed by atoms with Crippen LogP contribution >= 0.6 is 22.7 Å². The maximum Gasteiger partial charge on any atom is 0.0468 e. The first-order valence-corrected chi connectivity index (χ1v) is 25.8. The monoisotopic (exact) mass is 921 g/mol. The molecule has 0 aliphatic carbocycles. The molecular formula is C66H51NS2. The van der Waals surface area contributed by atoms with Crippen LogP contribution in [0.15, 0.2) is 182 Å². The van der Waals surface area contributed by atoms with Crippen molar-refractivity contribution in [3.63, 3.8) is 0 Å². The van der Waals surface area contributed by atoms with E-state index in [-0.39, 0.29) is 5.41 Å². The molecule has 0 radical (unpaired) electrons. The Hall–Kier alpha value is -7.30. The summed E-state index contributed by atoms with van der Waals surface area (Å²) >= 11 is 3.90. The Morgan fingerprint density at radius 1 is 0.348 bits per heavy atom. The molecule has 0 aliphatic heterocycles. The Bertz CT molecular complexity index is 4100. The number of fused-ring (bicyclic) bond motifs is 8. The van der Waals surface area contributed by atoms with Crippen LogP contribution in [0.4, 0.5) is 17.1 Å². The summed E-state index contributed by atoms with van der Waals surface area (Å²) in [5.41, 5.74) is 17.9. The van der Waals surface area contributed by atoms with Gasteiger partial charge in [0.15, 0.2) is 0 Å². The van der Waals surface area contributed by atoms with Gasteiger partial charge in [0.05, 0.1) is 0 Å². The van der Waals surface area contributed by atoms with E-state index in [1.807, 2.05) is 22.7 Å². The van der Waals surface area contributed by atoms with Gasteiger partial charge in [-0.15, -0.1) is 22.7 Å². The van der Waals surface area contributed by atoms with Gasteiger partial charge in [0.2, 0.25) is 0 Å². The number of rotatable bonds is 6. The number of anilines is 3. The van der Waals surface area contributed by atoms with E-state index in [0.717, 1.165) is 17.1 Å². The van der Waals surface area contributed by atoms with E-state index in [1.165, 1.54) is 134 Å². The Morgan fingerprint density at radius 3 is 1.36 bits per heavy atom. The molecule has 0 unspecified atom stereocenters. The standard InChI is InChI=1S/C66H51NS2/c1-38-16-14-17-39(2)60(38)50-37-57-63-53(35-55-49-33-47(29-31-58(49)68-65(55)57)67(45-20-10-8-11-21-45)46-22-12-9-13-23-46)51(61-40(3)18-15-19-41(61)4)36-56-62(63)52(50)34-54-48-30-26-43(32-59(48)69-64(54)56)42-24-27-44(28-25-42)66(5,6)7/h8-37H,1-7H3. The van der Waals surface area contributed by atoms with E-state index in [0.29, 0.717) is 0 Å². The predicted molar refractivity (Wildman–Crippen MR) is 305 cm³/mol. The first-order chi connectivity index (χ1) is 33.5. The largest absolute Gasteiger partial charge is 0.310 e. The molecule has 0 amide bonds. The minimum atomic E-state index is 0.111. The number of para-hydroxylation sites is 2. The summed E-state index contributed by atoms with van der Waals surface area (Å²) in [7, 11) is 0. The quantitative estimate of drug-likeness (QED) is 0.150. The van der Waals surface area contributed by atoms with Crippen LogP contribution in [0.25, 0.3) is 106 Å². The van der Waals surface area contributed by atoms with Crippen molar-refractivity contribution < 1.29 is 0 Å². The van der Waals surface area contributed by atoms with Crippen molar-refractivity contribution in [1.29, 1.82) is 0 Å². The van der Waals surface area contributed by atoms with Gasteiger partial charge in [-0.25, -0.2) is 0 Å². The van der Waals surface area contributed by atoms with Crippen molar-refractivity contribution in [3.05, 3.63) is 210 Å². The van der Waals surface area contributed by atoms with E-state index in [1.54, 1.807) is 0 Å². The van der Waals surface area contributed by atoms with Crippen LogP contribution in [0.5, 0.6) is 0 Å². The summed E-state index contributed by atoms with van der Waals surface area (Å²) < 4.78 is 5.31. The molecule has 2 aromatic heterocycles. The van der Waals surface area contributed by atoms with Crippen LogP contribution in [0, 0.1) is 27.7 Å². The molecule has 11 aromatic carbocycles. The smallest absolute Gasteiger partial charge is 0.0468 e. The molecule has 13 rings (SSSR count). The van der Waals surface area contributed by atoms with Crippen LogP contribution < -0.4 is 4.90 Å². The highest BCUT2D eigenvalue weighted by atomic mass is 32.1. The van der Waals surface area contributed by atoms with Crippen molar-refractivity contribution in [2.24, 2.45) is 0 Å². The van der Waals surface area contributed by atoms with Crippen molar-refractivity contribution >= 4 is 112 Å². The van der Waals surface area contributed by atoms with Crippen LogP contribution in [0.1, 0.15) is 48.6 Å². The molecule has 1 nitrogen and oxygen atoms in total. The molecule has 0 aliphatic rings. The zero-order valence-corrected chi connectivity index (χ0v) is 41.7. The number of hydrogen-bond donors (Lipinski definition) is 0. The lowest BCUT2D eigenvalue weighted by Gasteiger charge is -2.25. The predicted octanol–water partition coefficient (Wildman–Crippen LogP) is 20.3. The average molecular weight is 922 g/mol. The lowest BCUT2D eigenvalue weighted by atomic mass is 9.82. The lowest BCUT2D eigenvalue weighted by molar-refractivity contribution is 0.590. The highest BCUT2D eigenvalue weighted by molar-refractivity contribution is 7.27. The SMILES string of the molecule is Cc1cccc(C)c1-c1cc2c3sc4ccc(N(c5ccccc5)c5ccccc5)cc4c3cc3c(-c4c(C)cccc4C)cc4c5sc6cc(-c7ccc(C(C)(C)C)cc7)ccc6c5cc1c4c32. The Labute approximate surface area is 411 Å². The fraction of sp³-hybridized carbons (Fsp3) is 0.121. The van der Waals surface area contributed by atoms with E-state index >= 15 is 0 Å². The second-order valence-electron chi connectivity index (χ2n) is 20.3. The highest BCUT2D eigenvalue weighted by Crippen LogP contribution is 2.54. The average Bonchev–Trinajstić information content (AvgIpc) is 3.91. The zero-order valence-electron chi connectivity index (χ0n) is 40.1. The second-order valence-corrected chi connectivity index (χ2v) is 22.4. The molecule has 0 atom stereocenters. The van der Waals surface area contributed by atoms with Crippen LogP contribution in [0.2, 0.25) is 0 Å². The minimum absolute atomic E-state index is 0.111. The number of hydrogen-bond acceptors (Lipinski definition) is 3. The maximum atomic E-state index is 2.58. The fourth-order valence-corrected chi connectivity index (χ4v) is 13.9. The van der Waals surface area contributed by atoms with Gasteiger partial charge < -0.3 is 4.90 Å². The van der Waals surface area contributed by atoms with Gasteiger partial charge in [0, 0.05) is 68.2 Å². The summed E-state index contributed by atoms with van der Waals surface area (Å²) in [5.74, 6) is 0. The summed E-state index contributed by atoms with van der Waals surface area (Å²) in [6.45, 7) is 16.0. The lowest BCUT2D eigenvalue weighted by Crippen LogP contribution is -2.10. The van der Waals surface area contributed by atoms with E-state index < -0.39 is 0 Å². The van der Waals surface area contributed by atoms with Gasteiger partial charge >= 0.3 is 0 Å². The normalized spacial score (nSPS) is 12.3. The second kappa shape index (κ2) is 15.6. The summed E-state index contributed by atoms with van der Waals surface area (Å²) in [4.78, 5) is 2.39. The van der Waals surface area contributed by atoms with E-state index in [9.17, 15) is 0 Å². The first-order valence-electron chi connectivity index (χ1n) is 24.2. The number of aryl methyl sites for hydroxylation is 4. The van der Waals surface area contributed by atoms with Gasteiger partial charge in [0.1, 0.15) is 0 Å². The molecule has 0 saturated heterocycles. The molecule has 69 heavy (non-hydrogen) atoms. The molecule has 3 heteroatoms. The Morgan fingerprint density at radius 2 is 0.841 bits per heavy atom. The third-order valence-corrected chi connectivity index (χ3v) is 17.3. The molecule has 2 heterocycles. The maximum absolute atomic E-state index is 2.58. The number of nitrogens with zero attached hydrogens (tertiary/aromatic N) is 1. The van der Waals surface area contributed by atoms with Crippen LogP contribution in [0.3, 0.4) is 0 Å². The van der Waals surface area contributed by atoms with E-state index in [4.69, 9.17) is 0 Å². The topological polar surface area (TPSA) is 3.24 Å². The van der Waals surface area contributed by atoms with Gasteiger partial charge in [-0.1, -0.05) is 130 Å². The Balaban J connectivity index is 1.16. The fourth-order valence-electron chi connectivity index (χ4n) is 11.5. The molecule has 0 bridgehead atoms. The van der Waals surface area contributed by atoms with Crippen molar-refractivity contribution in [2.45, 2.75) is 53.9 Å². The molecule has 0 saturated carbocycles. The molecule has 0 spiro atoms. The summed E-state index contributed by atoms with van der Waals surface area (Å²) in [5, 5.41) is 13.3. The first kappa shape index (κ1) is 41.9. The molecule has 332 valence electrons. The van der Waals surface area contributed by atoms with Gasteiger partial charge in [-0.05, 0) is 189 Å². The van der Waals surface area contributed by atoms with E-state index in [2.05, 4.69) is 235 Å². The van der Waals surface area contributed by atoms with Crippen molar-refractivity contribution in [1.82, 2.24) is 0 Å². The summed E-state index contributed by atoms with van der Waals surface area (Å²) in [6, 6.07) is 68.8. The molecule has 0 N–H and O–H groups in total. The van der Waals surface area contributed by atoms with Gasteiger partial charge in [-0.3, -0.25) is 0 Å². The Kier molecular flexibility index (Phi) is 9.47. The third kappa shape index (κ3) is 6.55. The highest BCUT2D eigenvalue weighted by Gasteiger charge is 2.26. The van der Waals surface area contributed by atoms with Crippen LogP contribution in [-0.4, -0.2) is 0 Å². The molecule has 0 fully saturated rings. The molecule has 13 aromatic rings. The van der Waals surface area contributed by atoms with Gasteiger partial charge in [0.25, 0.3) is 0 Å². The number of benzene rings is 11. The van der Waals surface area contributed by atoms with Crippen molar-refractivity contribution in [2.75, 3.05) is 4.90 Å². The molecular weight excluding hydrogens is 871 g/mol. The zero-order chi connectivity index (χ0) is 46.9. The summed E-state index contributed by atoms with van der Waals surface area (Å²) in [6.07, 6.45) is 0. The van der Waals surface area contributed by atoms with Crippen molar-refractivity contribution in [3.8, 4) is 33.4 Å². The number of thiophene rings is 2. The van der Waals surface area contributed by atoms with Gasteiger partial charge in [-0.2, -0.15) is 0 Å². The minimum Gasteiger partial charge on any atom is -0.310 e. The third-order valence-electron chi connectivity index (χ3n) is 14.9.